The Hall–Kier alpha value is -1.45. The molecular weight excluding hydrogens is 314 g/mol. The zero-order valence-corrected chi connectivity index (χ0v) is 13.4. The normalized spacial score (nSPS) is 10.8. The summed E-state index contributed by atoms with van der Waals surface area (Å²) in [6, 6.07) is 15.8. The van der Waals surface area contributed by atoms with Gasteiger partial charge in [0.25, 0.3) is 0 Å². The van der Waals surface area contributed by atoms with Gasteiger partial charge in [-0.2, -0.15) is 0 Å². The minimum atomic E-state index is 0.147. The van der Waals surface area contributed by atoms with Gasteiger partial charge in [0.15, 0.2) is 5.78 Å². The standard InChI is InChI=1S/C17H18BrNO/c1-13-5-3-4-6-15(13)11-19(2)12-17(20)14-7-9-16(18)10-8-14/h3-10H,11-12H2,1-2H3. The predicted octanol–water partition coefficient (Wildman–Crippen LogP) is 4.07. The molecule has 0 amide bonds. The van der Waals surface area contributed by atoms with Crippen LogP contribution in [-0.4, -0.2) is 24.3 Å². The van der Waals surface area contributed by atoms with Crippen LogP contribution in [0.5, 0.6) is 0 Å². The van der Waals surface area contributed by atoms with Gasteiger partial charge in [0.1, 0.15) is 0 Å². The maximum atomic E-state index is 12.2. The van der Waals surface area contributed by atoms with Crippen molar-refractivity contribution in [3.63, 3.8) is 0 Å². The zero-order chi connectivity index (χ0) is 14.5. The van der Waals surface area contributed by atoms with Crippen LogP contribution in [0.15, 0.2) is 53.0 Å². The summed E-state index contributed by atoms with van der Waals surface area (Å²) in [7, 11) is 1.98. The topological polar surface area (TPSA) is 20.3 Å². The number of halogens is 1. The number of likely N-dealkylation sites (N-methyl/N-ethyl adjacent to an activating group) is 1. The molecule has 0 aliphatic rings. The van der Waals surface area contributed by atoms with Crippen LogP contribution >= 0.6 is 15.9 Å². The van der Waals surface area contributed by atoms with Gasteiger partial charge in [-0.25, -0.2) is 0 Å². The van der Waals surface area contributed by atoms with Gasteiger partial charge in [0, 0.05) is 16.6 Å². The Bertz CT molecular complexity index is 592. The Kier molecular flexibility index (Phi) is 5.10. The summed E-state index contributed by atoms with van der Waals surface area (Å²) >= 11 is 3.38. The number of hydrogen-bond acceptors (Lipinski definition) is 2. The fourth-order valence-corrected chi connectivity index (χ4v) is 2.37. The van der Waals surface area contributed by atoms with E-state index < -0.39 is 0 Å². The molecule has 0 bridgehead atoms. The maximum absolute atomic E-state index is 12.2. The Morgan fingerprint density at radius 1 is 1.10 bits per heavy atom. The average molecular weight is 332 g/mol. The number of aryl methyl sites for hydroxylation is 1. The van der Waals surface area contributed by atoms with E-state index >= 15 is 0 Å². The first-order valence-corrected chi connectivity index (χ1v) is 7.37. The highest BCUT2D eigenvalue weighted by atomic mass is 79.9. The van der Waals surface area contributed by atoms with Gasteiger partial charge in [-0.05, 0) is 37.2 Å². The van der Waals surface area contributed by atoms with E-state index in [-0.39, 0.29) is 5.78 Å². The van der Waals surface area contributed by atoms with Crippen LogP contribution in [0.1, 0.15) is 21.5 Å². The number of nitrogens with zero attached hydrogens (tertiary/aromatic N) is 1. The molecular formula is C17H18BrNO. The third-order valence-electron chi connectivity index (χ3n) is 3.28. The number of ketones is 1. The molecule has 2 aromatic carbocycles. The molecule has 2 aromatic rings. The molecule has 0 radical (unpaired) electrons. The number of carbonyl (C=O) groups is 1. The summed E-state index contributed by atoms with van der Waals surface area (Å²) in [6.07, 6.45) is 0. The van der Waals surface area contributed by atoms with Crippen molar-refractivity contribution in [3.05, 3.63) is 69.7 Å². The number of carbonyl (C=O) groups excluding carboxylic acids is 1. The maximum Gasteiger partial charge on any atom is 0.176 e. The van der Waals surface area contributed by atoms with E-state index in [1.807, 2.05) is 48.3 Å². The summed E-state index contributed by atoms with van der Waals surface area (Å²) in [6.45, 7) is 3.31. The fraction of sp³-hybridized carbons (Fsp3) is 0.235. The Morgan fingerprint density at radius 3 is 2.40 bits per heavy atom. The van der Waals surface area contributed by atoms with Gasteiger partial charge in [-0.1, -0.05) is 52.3 Å². The summed E-state index contributed by atoms with van der Waals surface area (Å²) in [5.41, 5.74) is 3.28. The van der Waals surface area contributed by atoms with Gasteiger partial charge in [-0.15, -0.1) is 0 Å². The molecule has 0 saturated carbocycles. The molecule has 0 aliphatic carbocycles. The Balaban J connectivity index is 1.98. The van der Waals surface area contributed by atoms with E-state index in [0.29, 0.717) is 6.54 Å². The van der Waals surface area contributed by atoms with Crippen molar-refractivity contribution in [1.82, 2.24) is 4.90 Å². The highest BCUT2D eigenvalue weighted by Crippen LogP contribution is 2.13. The van der Waals surface area contributed by atoms with Crippen LogP contribution in [-0.2, 0) is 6.54 Å². The molecule has 0 aliphatic heterocycles. The number of rotatable bonds is 5. The monoisotopic (exact) mass is 331 g/mol. The first-order valence-electron chi connectivity index (χ1n) is 6.58. The molecule has 0 spiro atoms. The number of benzene rings is 2. The van der Waals surface area contributed by atoms with E-state index in [1.165, 1.54) is 11.1 Å². The Labute approximate surface area is 128 Å². The van der Waals surface area contributed by atoms with Gasteiger partial charge in [-0.3, -0.25) is 9.69 Å². The van der Waals surface area contributed by atoms with Gasteiger partial charge in [0.05, 0.1) is 6.54 Å². The summed E-state index contributed by atoms with van der Waals surface area (Å²) in [5, 5.41) is 0. The van der Waals surface area contributed by atoms with E-state index in [9.17, 15) is 4.79 Å². The molecule has 0 saturated heterocycles. The van der Waals surface area contributed by atoms with Crippen LogP contribution in [0.4, 0.5) is 0 Å². The first kappa shape index (κ1) is 14.9. The molecule has 104 valence electrons. The average Bonchev–Trinajstić information content (AvgIpc) is 2.42. The van der Waals surface area contributed by atoms with E-state index in [0.717, 1.165) is 16.6 Å². The van der Waals surface area contributed by atoms with Crippen molar-refractivity contribution in [3.8, 4) is 0 Å². The molecule has 0 unspecified atom stereocenters. The van der Waals surface area contributed by atoms with Crippen LogP contribution in [0.25, 0.3) is 0 Å². The Morgan fingerprint density at radius 2 is 1.75 bits per heavy atom. The third kappa shape index (κ3) is 4.02. The highest BCUT2D eigenvalue weighted by molar-refractivity contribution is 9.10. The lowest BCUT2D eigenvalue weighted by Gasteiger charge is -2.17. The fourth-order valence-electron chi connectivity index (χ4n) is 2.11. The summed E-state index contributed by atoms with van der Waals surface area (Å²) < 4.78 is 0.988. The van der Waals surface area contributed by atoms with Gasteiger partial charge in [0.2, 0.25) is 0 Å². The van der Waals surface area contributed by atoms with Crippen molar-refractivity contribution in [2.45, 2.75) is 13.5 Å². The molecule has 0 fully saturated rings. The molecule has 2 rings (SSSR count). The largest absolute Gasteiger partial charge is 0.295 e. The summed E-state index contributed by atoms with van der Waals surface area (Å²) in [4.78, 5) is 14.2. The lowest BCUT2D eigenvalue weighted by atomic mass is 10.1. The van der Waals surface area contributed by atoms with Crippen molar-refractivity contribution >= 4 is 21.7 Å². The molecule has 2 nitrogen and oxygen atoms in total. The van der Waals surface area contributed by atoms with Crippen molar-refractivity contribution < 1.29 is 4.79 Å². The van der Waals surface area contributed by atoms with Crippen LogP contribution in [0.3, 0.4) is 0 Å². The van der Waals surface area contributed by atoms with E-state index in [4.69, 9.17) is 0 Å². The number of Topliss-reactive ketones (excluding diaryl/α,β-unsaturated/α-hetero) is 1. The molecule has 0 N–H and O–H groups in total. The lowest BCUT2D eigenvalue weighted by molar-refractivity contribution is 0.0943. The van der Waals surface area contributed by atoms with Crippen LogP contribution in [0.2, 0.25) is 0 Å². The summed E-state index contributed by atoms with van der Waals surface area (Å²) in [5.74, 6) is 0.147. The van der Waals surface area contributed by atoms with Gasteiger partial charge < -0.3 is 0 Å². The predicted molar refractivity (Wildman–Crippen MR) is 86.0 cm³/mol. The molecule has 0 heterocycles. The lowest BCUT2D eigenvalue weighted by Crippen LogP contribution is -2.25. The SMILES string of the molecule is Cc1ccccc1CN(C)CC(=O)c1ccc(Br)cc1. The third-order valence-corrected chi connectivity index (χ3v) is 3.81. The first-order chi connectivity index (χ1) is 9.56. The second-order valence-corrected chi connectivity index (χ2v) is 5.94. The molecule has 20 heavy (non-hydrogen) atoms. The zero-order valence-electron chi connectivity index (χ0n) is 11.8. The molecule has 0 atom stereocenters. The second-order valence-electron chi connectivity index (χ2n) is 5.03. The van der Waals surface area contributed by atoms with Crippen molar-refractivity contribution in [1.29, 1.82) is 0 Å². The second kappa shape index (κ2) is 6.82. The van der Waals surface area contributed by atoms with Crippen LogP contribution in [0, 0.1) is 6.92 Å². The minimum absolute atomic E-state index is 0.147. The molecule has 0 aromatic heterocycles. The van der Waals surface area contributed by atoms with E-state index in [2.05, 4.69) is 35.0 Å². The minimum Gasteiger partial charge on any atom is -0.295 e. The number of hydrogen-bond donors (Lipinski definition) is 0. The van der Waals surface area contributed by atoms with Crippen molar-refractivity contribution in [2.75, 3.05) is 13.6 Å². The van der Waals surface area contributed by atoms with Crippen molar-refractivity contribution in [2.24, 2.45) is 0 Å². The van der Waals surface area contributed by atoms with E-state index in [1.54, 1.807) is 0 Å². The quantitative estimate of drug-likeness (QED) is 0.769. The molecule has 3 heteroatoms. The van der Waals surface area contributed by atoms with Crippen LogP contribution < -0.4 is 0 Å². The van der Waals surface area contributed by atoms with Gasteiger partial charge >= 0.3 is 0 Å². The smallest absolute Gasteiger partial charge is 0.176 e. The highest BCUT2D eigenvalue weighted by Gasteiger charge is 2.10.